The van der Waals surface area contributed by atoms with Gasteiger partial charge in [-0.2, -0.15) is 0 Å². The van der Waals surface area contributed by atoms with E-state index in [2.05, 4.69) is 4.99 Å². The zero-order valence-corrected chi connectivity index (χ0v) is 11.5. The SMILES string of the molecule is NS(=O)(=O)c1ccc(N=C/C=C\c2ccccc2)cc1. The van der Waals surface area contributed by atoms with Crippen LogP contribution in [0.5, 0.6) is 0 Å². The molecular weight excluding hydrogens is 272 g/mol. The van der Waals surface area contributed by atoms with Crippen molar-refractivity contribution in [3.05, 3.63) is 66.2 Å². The van der Waals surface area contributed by atoms with Crippen molar-refractivity contribution in [1.29, 1.82) is 0 Å². The minimum absolute atomic E-state index is 0.0799. The van der Waals surface area contributed by atoms with Crippen molar-refractivity contribution in [3.8, 4) is 0 Å². The number of nitrogens with zero attached hydrogens (tertiary/aromatic N) is 1. The minimum atomic E-state index is -3.65. The summed E-state index contributed by atoms with van der Waals surface area (Å²) in [5, 5.41) is 5.02. The number of benzene rings is 2. The summed E-state index contributed by atoms with van der Waals surface area (Å²) in [6.45, 7) is 0. The Balaban J connectivity index is 2.04. The third-order valence-corrected chi connectivity index (χ3v) is 3.49. The zero-order valence-electron chi connectivity index (χ0n) is 10.7. The van der Waals surface area contributed by atoms with Crippen LogP contribution in [-0.2, 0) is 10.0 Å². The summed E-state index contributed by atoms with van der Waals surface area (Å²) in [5.41, 5.74) is 1.75. The Morgan fingerprint density at radius 1 is 0.950 bits per heavy atom. The van der Waals surface area contributed by atoms with Crippen LogP contribution in [-0.4, -0.2) is 14.6 Å². The maximum atomic E-state index is 11.1. The molecule has 0 aliphatic carbocycles. The maximum Gasteiger partial charge on any atom is 0.238 e. The molecule has 0 atom stereocenters. The lowest BCUT2D eigenvalue weighted by molar-refractivity contribution is 0.598. The molecule has 20 heavy (non-hydrogen) atoms. The van der Waals surface area contributed by atoms with Gasteiger partial charge in [0.25, 0.3) is 0 Å². The van der Waals surface area contributed by atoms with Gasteiger partial charge >= 0.3 is 0 Å². The second-order valence-corrected chi connectivity index (χ2v) is 5.65. The van der Waals surface area contributed by atoms with Crippen molar-refractivity contribution in [3.63, 3.8) is 0 Å². The number of nitrogens with two attached hydrogens (primary N) is 1. The van der Waals surface area contributed by atoms with E-state index in [-0.39, 0.29) is 4.90 Å². The molecule has 0 aromatic heterocycles. The molecule has 0 fully saturated rings. The lowest BCUT2D eigenvalue weighted by Crippen LogP contribution is -2.11. The number of hydrogen-bond acceptors (Lipinski definition) is 3. The Morgan fingerprint density at radius 3 is 2.20 bits per heavy atom. The molecule has 0 aliphatic rings. The first-order chi connectivity index (χ1) is 9.55. The number of rotatable bonds is 4. The van der Waals surface area contributed by atoms with Gasteiger partial charge in [-0.15, -0.1) is 0 Å². The predicted octanol–water partition coefficient (Wildman–Crippen LogP) is 2.75. The summed E-state index contributed by atoms with van der Waals surface area (Å²) < 4.78 is 22.2. The van der Waals surface area contributed by atoms with Crippen molar-refractivity contribution in [2.24, 2.45) is 10.1 Å². The zero-order chi connectivity index (χ0) is 14.4. The van der Waals surface area contributed by atoms with Gasteiger partial charge in [-0.25, -0.2) is 13.6 Å². The van der Waals surface area contributed by atoms with Crippen molar-refractivity contribution in [2.45, 2.75) is 4.90 Å². The third-order valence-electron chi connectivity index (χ3n) is 2.56. The van der Waals surface area contributed by atoms with Gasteiger partial charge in [0.1, 0.15) is 0 Å². The molecule has 2 aromatic rings. The van der Waals surface area contributed by atoms with Gasteiger partial charge in [-0.05, 0) is 35.9 Å². The molecule has 5 heteroatoms. The molecule has 4 nitrogen and oxygen atoms in total. The van der Waals surface area contributed by atoms with Gasteiger partial charge in [0.2, 0.25) is 10.0 Å². The average Bonchev–Trinajstić information content (AvgIpc) is 2.44. The monoisotopic (exact) mass is 286 g/mol. The second-order valence-electron chi connectivity index (χ2n) is 4.09. The highest BCUT2D eigenvalue weighted by molar-refractivity contribution is 7.89. The van der Waals surface area contributed by atoms with Gasteiger partial charge < -0.3 is 0 Å². The van der Waals surface area contributed by atoms with Gasteiger partial charge in [-0.3, -0.25) is 4.99 Å². The first kappa shape index (κ1) is 14.2. The molecule has 2 N–H and O–H groups in total. The number of hydrogen-bond donors (Lipinski definition) is 1. The molecule has 0 amide bonds. The largest absolute Gasteiger partial charge is 0.257 e. The van der Waals surface area contributed by atoms with Crippen LogP contribution < -0.4 is 5.14 Å². The van der Waals surface area contributed by atoms with Crippen LogP contribution in [0.1, 0.15) is 5.56 Å². The molecule has 2 aromatic carbocycles. The van der Waals surface area contributed by atoms with E-state index in [9.17, 15) is 8.42 Å². The van der Waals surface area contributed by atoms with Crippen molar-refractivity contribution >= 4 is 28.0 Å². The molecule has 0 radical (unpaired) electrons. The normalized spacial score (nSPS) is 12.2. The van der Waals surface area contributed by atoms with Crippen LogP contribution in [0.2, 0.25) is 0 Å². The van der Waals surface area contributed by atoms with E-state index in [1.807, 2.05) is 42.5 Å². The minimum Gasteiger partial charge on any atom is -0.257 e. The van der Waals surface area contributed by atoms with E-state index in [0.29, 0.717) is 5.69 Å². The van der Waals surface area contributed by atoms with Crippen LogP contribution in [0.3, 0.4) is 0 Å². The Labute approximate surface area is 118 Å². The van der Waals surface area contributed by atoms with Gasteiger partial charge in [0.15, 0.2) is 0 Å². The fourth-order valence-corrected chi connectivity index (χ4v) is 2.08. The highest BCUT2D eigenvalue weighted by Gasteiger charge is 2.05. The molecule has 0 saturated carbocycles. The van der Waals surface area contributed by atoms with E-state index >= 15 is 0 Å². The smallest absolute Gasteiger partial charge is 0.238 e. The topological polar surface area (TPSA) is 72.5 Å². The summed E-state index contributed by atoms with van der Waals surface area (Å²) in [4.78, 5) is 4.28. The standard InChI is InChI=1S/C15H14N2O2S/c16-20(18,19)15-10-8-14(9-11-15)17-12-4-7-13-5-2-1-3-6-13/h1-12H,(H2,16,18,19)/b7-4-,17-12?. The quantitative estimate of drug-likeness (QED) is 0.878. The van der Waals surface area contributed by atoms with Gasteiger partial charge in [0.05, 0.1) is 10.6 Å². The predicted molar refractivity (Wildman–Crippen MR) is 81.4 cm³/mol. The Bertz CT molecular complexity index is 718. The third kappa shape index (κ3) is 4.15. The number of allylic oxidation sites excluding steroid dienone is 1. The van der Waals surface area contributed by atoms with Crippen LogP contribution in [0.25, 0.3) is 6.08 Å². The molecule has 102 valence electrons. The van der Waals surface area contributed by atoms with E-state index in [4.69, 9.17) is 5.14 Å². The fraction of sp³-hybridized carbons (Fsp3) is 0. The van der Waals surface area contributed by atoms with Crippen LogP contribution in [0.15, 0.2) is 70.6 Å². The van der Waals surface area contributed by atoms with Crippen LogP contribution in [0.4, 0.5) is 5.69 Å². The summed E-state index contributed by atoms with van der Waals surface area (Å²) >= 11 is 0. The van der Waals surface area contributed by atoms with Crippen molar-refractivity contribution in [1.82, 2.24) is 0 Å². The molecule has 0 unspecified atom stereocenters. The molecule has 0 saturated heterocycles. The summed E-state index contributed by atoms with van der Waals surface area (Å²) in [6, 6.07) is 15.9. The lowest BCUT2D eigenvalue weighted by atomic mass is 10.2. The molecule has 0 spiro atoms. The van der Waals surface area contributed by atoms with Crippen LogP contribution >= 0.6 is 0 Å². The highest BCUT2D eigenvalue weighted by Crippen LogP contribution is 2.15. The summed E-state index contributed by atoms with van der Waals surface area (Å²) in [6.07, 6.45) is 5.41. The lowest BCUT2D eigenvalue weighted by Gasteiger charge is -1.97. The second kappa shape index (κ2) is 6.27. The molecular formula is C15H14N2O2S. The van der Waals surface area contributed by atoms with Gasteiger partial charge in [-0.1, -0.05) is 36.4 Å². The summed E-state index contributed by atoms with van der Waals surface area (Å²) in [7, 11) is -3.65. The van der Waals surface area contributed by atoms with E-state index in [0.717, 1.165) is 5.56 Å². The molecule has 2 rings (SSSR count). The number of sulfonamides is 1. The first-order valence-corrected chi connectivity index (χ1v) is 7.49. The Hall–Kier alpha value is -2.24. The van der Waals surface area contributed by atoms with Crippen molar-refractivity contribution in [2.75, 3.05) is 0 Å². The van der Waals surface area contributed by atoms with E-state index in [1.165, 1.54) is 12.1 Å². The fourth-order valence-electron chi connectivity index (χ4n) is 1.57. The average molecular weight is 286 g/mol. The number of aliphatic imine (C=N–C) groups is 1. The first-order valence-electron chi connectivity index (χ1n) is 5.94. The molecule has 0 aliphatic heterocycles. The Morgan fingerprint density at radius 2 is 1.60 bits per heavy atom. The van der Waals surface area contributed by atoms with E-state index < -0.39 is 10.0 Å². The maximum absolute atomic E-state index is 11.1. The Kier molecular flexibility index (Phi) is 4.45. The number of primary sulfonamides is 1. The van der Waals surface area contributed by atoms with E-state index in [1.54, 1.807) is 18.3 Å². The highest BCUT2D eigenvalue weighted by atomic mass is 32.2. The molecule has 0 heterocycles. The van der Waals surface area contributed by atoms with Gasteiger partial charge in [0, 0.05) is 6.21 Å². The van der Waals surface area contributed by atoms with Crippen LogP contribution in [0, 0.1) is 0 Å². The molecule has 0 bridgehead atoms. The van der Waals surface area contributed by atoms with Crippen molar-refractivity contribution < 1.29 is 8.42 Å². The summed E-state index contributed by atoms with van der Waals surface area (Å²) in [5.74, 6) is 0.